The molecule has 2 heterocycles. The normalized spacial score (nSPS) is 21.1. The molecule has 0 saturated carbocycles. The number of pyridine rings is 1. The lowest BCUT2D eigenvalue weighted by molar-refractivity contribution is 0.0754. The molecule has 1 aliphatic rings. The smallest absolute Gasteiger partial charge is 0.272 e. The Balaban J connectivity index is 2.06. The molecule has 1 aromatic heterocycles. The van der Waals surface area contributed by atoms with Gasteiger partial charge in [-0.3, -0.25) is 4.79 Å². The fourth-order valence-corrected chi connectivity index (χ4v) is 2.36. The molecule has 0 bridgehead atoms. The fourth-order valence-electron chi connectivity index (χ4n) is 2.13. The van der Waals surface area contributed by atoms with Gasteiger partial charge in [0, 0.05) is 23.8 Å². The van der Waals surface area contributed by atoms with E-state index in [2.05, 4.69) is 27.8 Å². The molecule has 92 valence electrons. The Kier molecular flexibility index (Phi) is 4.15. The highest BCUT2D eigenvalue weighted by atomic mass is 79.9. The number of carbonyl (C=O) groups is 1. The average molecular weight is 297 g/mol. The van der Waals surface area contributed by atoms with Crippen LogP contribution in [0, 0.1) is 5.92 Å². The summed E-state index contributed by atoms with van der Waals surface area (Å²) in [4.78, 5) is 18.3. The van der Waals surface area contributed by atoms with Crippen molar-refractivity contribution in [1.29, 1.82) is 0 Å². The Hall–Kier alpha value is -0.900. The maximum atomic E-state index is 12.2. The lowest BCUT2D eigenvalue weighted by Crippen LogP contribution is -2.32. The minimum absolute atomic E-state index is 0.0617. The van der Waals surface area contributed by atoms with Crippen LogP contribution in [0.25, 0.3) is 0 Å². The standard InChI is InChI=1S/C13H17BrN2O/c1-10-3-2-7-16(8-6-10)13(17)12-5-4-11(14)9-15-12/h4-5,9-10H,2-3,6-8H2,1H3. The van der Waals surface area contributed by atoms with E-state index in [1.807, 2.05) is 11.0 Å². The summed E-state index contributed by atoms with van der Waals surface area (Å²) in [6.07, 6.45) is 5.09. The second-order valence-corrected chi connectivity index (χ2v) is 5.61. The number of hydrogen-bond donors (Lipinski definition) is 0. The van der Waals surface area contributed by atoms with E-state index < -0.39 is 0 Å². The molecule has 1 amide bonds. The zero-order valence-electron chi connectivity index (χ0n) is 10.0. The number of rotatable bonds is 1. The molecule has 0 radical (unpaired) electrons. The van der Waals surface area contributed by atoms with E-state index in [0.29, 0.717) is 5.69 Å². The molecule has 1 aromatic rings. The minimum atomic E-state index is 0.0617. The lowest BCUT2D eigenvalue weighted by atomic mass is 10.0. The van der Waals surface area contributed by atoms with Gasteiger partial charge in [0.05, 0.1) is 0 Å². The first kappa shape index (κ1) is 12.6. The number of likely N-dealkylation sites (tertiary alicyclic amines) is 1. The summed E-state index contributed by atoms with van der Waals surface area (Å²) in [5.41, 5.74) is 0.544. The van der Waals surface area contributed by atoms with Crippen molar-refractivity contribution in [3.8, 4) is 0 Å². The highest BCUT2D eigenvalue weighted by molar-refractivity contribution is 9.10. The Morgan fingerprint density at radius 2 is 2.24 bits per heavy atom. The molecular weight excluding hydrogens is 280 g/mol. The highest BCUT2D eigenvalue weighted by Gasteiger charge is 2.20. The number of hydrogen-bond acceptors (Lipinski definition) is 2. The first-order valence-electron chi connectivity index (χ1n) is 6.07. The zero-order chi connectivity index (χ0) is 12.3. The van der Waals surface area contributed by atoms with E-state index in [-0.39, 0.29) is 5.91 Å². The van der Waals surface area contributed by atoms with E-state index in [0.717, 1.165) is 36.3 Å². The maximum absolute atomic E-state index is 12.2. The summed E-state index contributed by atoms with van der Waals surface area (Å²) in [6, 6.07) is 3.64. The molecule has 1 aliphatic heterocycles. The van der Waals surface area contributed by atoms with E-state index >= 15 is 0 Å². The van der Waals surface area contributed by atoms with Crippen LogP contribution in [-0.2, 0) is 0 Å². The van der Waals surface area contributed by atoms with E-state index in [4.69, 9.17) is 0 Å². The third-order valence-electron chi connectivity index (χ3n) is 3.25. The van der Waals surface area contributed by atoms with E-state index in [1.54, 1.807) is 12.3 Å². The Labute approximate surface area is 110 Å². The molecule has 0 spiro atoms. The average Bonchev–Trinajstić information content (AvgIpc) is 2.54. The second kappa shape index (κ2) is 5.63. The fraction of sp³-hybridized carbons (Fsp3) is 0.538. The Morgan fingerprint density at radius 3 is 2.94 bits per heavy atom. The van der Waals surface area contributed by atoms with Crippen molar-refractivity contribution in [3.05, 3.63) is 28.5 Å². The number of amides is 1. The van der Waals surface area contributed by atoms with E-state index in [9.17, 15) is 4.79 Å². The van der Waals surface area contributed by atoms with Crippen LogP contribution in [-0.4, -0.2) is 28.9 Å². The van der Waals surface area contributed by atoms with Gasteiger partial charge < -0.3 is 4.90 Å². The first-order chi connectivity index (χ1) is 8.16. The van der Waals surface area contributed by atoms with Crippen molar-refractivity contribution < 1.29 is 4.79 Å². The maximum Gasteiger partial charge on any atom is 0.272 e. The predicted molar refractivity (Wildman–Crippen MR) is 70.9 cm³/mol. The van der Waals surface area contributed by atoms with E-state index in [1.165, 1.54) is 6.42 Å². The lowest BCUT2D eigenvalue weighted by Gasteiger charge is -2.19. The van der Waals surface area contributed by atoms with Crippen LogP contribution in [0.1, 0.15) is 36.7 Å². The first-order valence-corrected chi connectivity index (χ1v) is 6.87. The van der Waals surface area contributed by atoms with Crippen LogP contribution >= 0.6 is 15.9 Å². The van der Waals surface area contributed by atoms with Gasteiger partial charge in [-0.2, -0.15) is 0 Å². The highest BCUT2D eigenvalue weighted by Crippen LogP contribution is 2.18. The topological polar surface area (TPSA) is 33.2 Å². The summed E-state index contributed by atoms with van der Waals surface area (Å²) in [5.74, 6) is 0.789. The van der Waals surface area contributed by atoms with Crippen molar-refractivity contribution in [2.24, 2.45) is 5.92 Å². The zero-order valence-corrected chi connectivity index (χ0v) is 11.6. The van der Waals surface area contributed by atoms with Gasteiger partial charge in [0.15, 0.2) is 0 Å². The molecule has 2 rings (SSSR count). The molecule has 0 aliphatic carbocycles. The van der Waals surface area contributed by atoms with Crippen molar-refractivity contribution in [2.45, 2.75) is 26.2 Å². The van der Waals surface area contributed by atoms with Gasteiger partial charge in [-0.05, 0) is 53.2 Å². The predicted octanol–water partition coefficient (Wildman–Crippen LogP) is 3.11. The molecule has 1 unspecified atom stereocenters. The van der Waals surface area contributed by atoms with Gasteiger partial charge in [0.25, 0.3) is 5.91 Å². The monoisotopic (exact) mass is 296 g/mol. The summed E-state index contributed by atoms with van der Waals surface area (Å²) < 4.78 is 0.901. The summed E-state index contributed by atoms with van der Waals surface area (Å²) in [6.45, 7) is 3.98. The molecule has 1 saturated heterocycles. The SMILES string of the molecule is CC1CCCN(C(=O)c2ccc(Br)cn2)CC1. The molecule has 0 N–H and O–H groups in total. The van der Waals surface area contributed by atoms with Crippen LogP contribution in [0.5, 0.6) is 0 Å². The van der Waals surface area contributed by atoms with Gasteiger partial charge >= 0.3 is 0 Å². The quantitative estimate of drug-likeness (QED) is 0.798. The number of aromatic nitrogens is 1. The third-order valence-corrected chi connectivity index (χ3v) is 3.72. The largest absolute Gasteiger partial charge is 0.337 e. The summed E-state index contributed by atoms with van der Waals surface area (Å²) >= 11 is 3.32. The minimum Gasteiger partial charge on any atom is -0.337 e. The Morgan fingerprint density at radius 1 is 1.41 bits per heavy atom. The van der Waals surface area contributed by atoms with Gasteiger partial charge in [-0.1, -0.05) is 6.92 Å². The van der Waals surface area contributed by atoms with Crippen LogP contribution < -0.4 is 0 Å². The third kappa shape index (κ3) is 3.28. The van der Waals surface area contributed by atoms with Crippen molar-refractivity contribution in [3.63, 3.8) is 0 Å². The molecule has 1 fully saturated rings. The number of halogens is 1. The van der Waals surface area contributed by atoms with Gasteiger partial charge in [0.1, 0.15) is 5.69 Å². The molecule has 1 atom stereocenters. The molecule has 3 nitrogen and oxygen atoms in total. The van der Waals surface area contributed by atoms with Gasteiger partial charge in [-0.15, -0.1) is 0 Å². The summed E-state index contributed by atoms with van der Waals surface area (Å²) in [7, 11) is 0. The molecule has 0 aromatic carbocycles. The van der Waals surface area contributed by atoms with Crippen LogP contribution in [0.2, 0.25) is 0 Å². The van der Waals surface area contributed by atoms with Gasteiger partial charge in [0.2, 0.25) is 0 Å². The second-order valence-electron chi connectivity index (χ2n) is 4.69. The van der Waals surface area contributed by atoms with Gasteiger partial charge in [-0.25, -0.2) is 4.98 Å². The van der Waals surface area contributed by atoms with Crippen LogP contribution in [0.15, 0.2) is 22.8 Å². The number of carbonyl (C=O) groups excluding carboxylic acids is 1. The van der Waals surface area contributed by atoms with Crippen molar-refractivity contribution in [2.75, 3.05) is 13.1 Å². The summed E-state index contributed by atoms with van der Waals surface area (Å²) in [5, 5.41) is 0. The Bertz CT molecular complexity index is 391. The van der Waals surface area contributed by atoms with Crippen molar-refractivity contribution >= 4 is 21.8 Å². The van der Waals surface area contributed by atoms with Crippen LogP contribution in [0.3, 0.4) is 0 Å². The molecule has 4 heteroatoms. The molecular formula is C13H17BrN2O. The number of nitrogens with zero attached hydrogens (tertiary/aromatic N) is 2. The van der Waals surface area contributed by atoms with Crippen LogP contribution in [0.4, 0.5) is 0 Å². The molecule has 17 heavy (non-hydrogen) atoms. The van der Waals surface area contributed by atoms with Crippen molar-refractivity contribution in [1.82, 2.24) is 9.88 Å².